The summed E-state index contributed by atoms with van der Waals surface area (Å²) < 4.78 is 0. The lowest BCUT2D eigenvalue weighted by molar-refractivity contribution is 0.0697. The van der Waals surface area contributed by atoms with E-state index in [0.717, 1.165) is 11.3 Å². The summed E-state index contributed by atoms with van der Waals surface area (Å²) in [6.07, 6.45) is 0. The smallest absolute Gasteiger partial charge is 0.335 e. The number of benzene rings is 2. The first-order valence-electron chi connectivity index (χ1n) is 6.20. The Bertz CT molecular complexity index is 674. The first-order valence-corrected chi connectivity index (χ1v) is 6.20. The summed E-state index contributed by atoms with van der Waals surface area (Å²) in [5.41, 5.74) is 2.56. The number of carbonyl (C=O) groups is 1. The molecule has 4 heteroatoms. The van der Waals surface area contributed by atoms with Crippen LogP contribution < -0.4 is 5.32 Å². The second-order valence-corrected chi connectivity index (χ2v) is 4.49. The van der Waals surface area contributed by atoms with Crippen LogP contribution in [0.25, 0.3) is 0 Å². The fourth-order valence-electron chi connectivity index (χ4n) is 1.95. The molecule has 20 heavy (non-hydrogen) atoms. The number of hydrogen-bond donors (Lipinski definition) is 2. The van der Waals surface area contributed by atoms with Gasteiger partial charge in [-0.25, -0.2) is 4.79 Å². The van der Waals surface area contributed by atoms with Gasteiger partial charge in [0.05, 0.1) is 17.2 Å². The molecular formula is C16H14N2O2. The highest BCUT2D eigenvalue weighted by atomic mass is 16.4. The van der Waals surface area contributed by atoms with E-state index >= 15 is 0 Å². The van der Waals surface area contributed by atoms with Crippen LogP contribution in [0.5, 0.6) is 0 Å². The molecule has 4 nitrogen and oxygen atoms in total. The molecular weight excluding hydrogens is 252 g/mol. The van der Waals surface area contributed by atoms with E-state index in [2.05, 4.69) is 11.4 Å². The molecule has 0 fully saturated rings. The number of aromatic carboxylic acids is 1. The first-order chi connectivity index (χ1) is 9.60. The lowest BCUT2D eigenvalue weighted by Gasteiger charge is -2.16. The largest absolute Gasteiger partial charge is 0.478 e. The third-order valence-corrected chi connectivity index (χ3v) is 3.01. The minimum atomic E-state index is -0.951. The van der Waals surface area contributed by atoms with Gasteiger partial charge in [0, 0.05) is 11.7 Å². The summed E-state index contributed by atoms with van der Waals surface area (Å²) in [5, 5.41) is 21.1. The molecule has 0 radical (unpaired) electrons. The quantitative estimate of drug-likeness (QED) is 0.889. The van der Waals surface area contributed by atoms with Crippen LogP contribution in [0.15, 0.2) is 48.5 Å². The van der Waals surface area contributed by atoms with Crippen molar-refractivity contribution in [2.45, 2.75) is 13.0 Å². The molecule has 0 aliphatic carbocycles. The lowest BCUT2D eigenvalue weighted by atomic mass is 10.1. The Balaban J connectivity index is 2.19. The predicted molar refractivity (Wildman–Crippen MR) is 76.6 cm³/mol. The molecule has 0 saturated carbocycles. The van der Waals surface area contributed by atoms with Gasteiger partial charge in [0.15, 0.2) is 0 Å². The highest BCUT2D eigenvalue weighted by Gasteiger charge is 2.08. The van der Waals surface area contributed by atoms with Crippen LogP contribution in [-0.4, -0.2) is 11.1 Å². The first kappa shape index (κ1) is 13.6. The van der Waals surface area contributed by atoms with E-state index < -0.39 is 5.97 Å². The number of anilines is 1. The van der Waals surface area contributed by atoms with E-state index in [1.54, 1.807) is 24.3 Å². The van der Waals surface area contributed by atoms with Gasteiger partial charge >= 0.3 is 5.97 Å². The van der Waals surface area contributed by atoms with Crippen LogP contribution in [-0.2, 0) is 0 Å². The Labute approximate surface area is 117 Å². The molecule has 2 rings (SSSR count). The molecule has 0 heterocycles. The highest BCUT2D eigenvalue weighted by molar-refractivity contribution is 5.88. The standard InChI is InChI=1S/C16H14N2O2/c1-11(13-5-2-4-12(8-13)10-17)18-15-7-3-6-14(9-15)16(19)20/h2-9,11,18H,1H3,(H,19,20). The summed E-state index contributed by atoms with van der Waals surface area (Å²) in [5.74, 6) is -0.951. The van der Waals surface area contributed by atoms with E-state index in [0.29, 0.717) is 5.56 Å². The van der Waals surface area contributed by atoms with Gasteiger partial charge in [-0.1, -0.05) is 18.2 Å². The molecule has 0 saturated heterocycles. The van der Waals surface area contributed by atoms with Gasteiger partial charge in [-0.15, -0.1) is 0 Å². The Morgan fingerprint density at radius 1 is 1.25 bits per heavy atom. The molecule has 2 N–H and O–H groups in total. The van der Waals surface area contributed by atoms with Crippen molar-refractivity contribution in [1.82, 2.24) is 0 Å². The van der Waals surface area contributed by atoms with Crippen LogP contribution in [0.3, 0.4) is 0 Å². The van der Waals surface area contributed by atoms with Crippen LogP contribution in [0.4, 0.5) is 5.69 Å². The minimum Gasteiger partial charge on any atom is -0.478 e. The van der Waals surface area contributed by atoms with Crippen LogP contribution in [0, 0.1) is 11.3 Å². The minimum absolute atomic E-state index is 0.0210. The summed E-state index contributed by atoms with van der Waals surface area (Å²) in [6, 6.07) is 16.1. The van der Waals surface area contributed by atoms with Crippen molar-refractivity contribution in [1.29, 1.82) is 5.26 Å². The van der Waals surface area contributed by atoms with Gasteiger partial charge in [-0.2, -0.15) is 5.26 Å². The van der Waals surface area contributed by atoms with E-state index in [1.807, 2.05) is 31.2 Å². The average molecular weight is 266 g/mol. The predicted octanol–water partition coefficient (Wildman–Crippen LogP) is 3.43. The number of carboxylic acids is 1. The molecule has 100 valence electrons. The third kappa shape index (κ3) is 3.15. The Morgan fingerprint density at radius 2 is 2.00 bits per heavy atom. The van der Waals surface area contributed by atoms with Crippen molar-refractivity contribution < 1.29 is 9.90 Å². The van der Waals surface area contributed by atoms with Gasteiger partial charge in [0.25, 0.3) is 0 Å². The van der Waals surface area contributed by atoms with Gasteiger partial charge in [-0.3, -0.25) is 0 Å². The molecule has 0 spiro atoms. The zero-order valence-corrected chi connectivity index (χ0v) is 11.0. The molecule has 0 bridgehead atoms. The molecule has 1 unspecified atom stereocenters. The Hall–Kier alpha value is -2.80. The van der Waals surface area contributed by atoms with Gasteiger partial charge in [0.2, 0.25) is 0 Å². The summed E-state index contributed by atoms with van der Waals surface area (Å²) in [6.45, 7) is 1.96. The fraction of sp³-hybridized carbons (Fsp3) is 0.125. The van der Waals surface area contributed by atoms with Crippen molar-refractivity contribution in [2.75, 3.05) is 5.32 Å². The van der Waals surface area contributed by atoms with E-state index in [9.17, 15) is 4.79 Å². The van der Waals surface area contributed by atoms with Gasteiger partial charge in [-0.05, 0) is 42.8 Å². The maximum absolute atomic E-state index is 10.9. The Kier molecular flexibility index (Phi) is 4.02. The highest BCUT2D eigenvalue weighted by Crippen LogP contribution is 2.20. The number of hydrogen-bond acceptors (Lipinski definition) is 3. The average Bonchev–Trinajstić information content (AvgIpc) is 2.47. The van der Waals surface area contributed by atoms with E-state index in [1.165, 1.54) is 0 Å². The number of nitriles is 1. The summed E-state index contributed by atoms with van der Waals surface area (Å²) in [7, 11) is 0. The maximum atomic E-state index is 10.9. The summed E-state index contributed by atoms with van der Waals surface area (Å²) in [4.78, 5) is 10.9. The monoisotopic (exact) mass is 266 g/mol. The van der Waals surface area contributed by atoms with E-state index in [-0.39, 0.29) is 11.6 Å². The van der Waals surface area contributed by atoms with Crippen molar-refractivity contribution in [3.8, 4) is 6.07 Å². The topological polar surface area (TPSA) is 73.1 Å². The molecule has 0 aromatic heterocycles. The van der Waals surface area contributed by atoms with Crippen LogP contribution >= 0.6 is 0 Å². The molecule has 0 aliphatic rings. The summed E-state index contributed by atoms with van der Waals surface area (Å²) >= 11 is 0. The van der Waals surface area contributed by atoms with E-state index in [4.69, 9.17) is 10.4 Å². The second kappa shape index (κ2) is 5.89. The fourth-order valence-corrected chi connectivity index (χ4v) is 1.95. The van der Waals surface area contributed by atoms with Crippen molar-refractivity contribution in [2.24, 2.45) is 0 Å². The zero-order chi connectivity index (χ0) is 14.5. The van der Waals surface area contributed by atoms with Crippen molar-refractivity contribution in [3.05, 3.63) is 65.2 Å². The number of nitrogens with one attached hydrogen (secondary N) is 1. The molecule has 2 aromatic rings. The van der Waals surface area contributed by atoms with Crippen LogP contribution in [0.1, 0.15) is 34.5 Å². The SMILES string of the molecule is CC(Nc1cccc(C(=O)O)c1)c1cccc(C#N)c1. The maximum Gasteiger partial charge on any atom is 0.335 e. The zero-order valence-electron chi connectivity index (χ0n) is 11.0. The molecule has 0 amide bonds. The van der Waals surface area contributed by atoms with Gasteiger partial charge < -0.3 is 10.4 Å². The van der Waals surface area contributed by atoms with Crippen molar-refractivity contribution in [3.63, 3.8) is 0 Å². The second-order valence-electron chi connectivity index (χ2n) is 4.49. The number of carboxylic acid groups (broad SMARTS) is 1. The Morgan fingerprint density at radius 3 is 2.70 bits per heavy atom. The normalized spacial score (nSPS) is 11.4. The molecule has 1 atom stereocenters. The third-order valence-electron chi connectivity index (χ3n) is 3.01. The lowest BCUT2D eigenvalue weighted by Crippen LogP contribution is -2.07. The van der Waals surface area contributed by atoms with Gasteiger partial charge in [0.1, 0.15) is 0 Å². The van der Waals surface area contributed by atoms with Crippen molar-refractivity contribution >= 4 is 11.7 Å². The molecule has 2 aromatic carbocycles. The number of rotatable bonds is 4. The molecule has 0 aliphatic heterocycles. The number of nitrogens with zero attached hydrogens (tertiary/aromatic N) is 1. The van der Waals surface area contributed by atoms with Crippen LogP contribution in [0.2, 0.25) is 0 Å².